The summed E-state index contributed by atoms with van der Waals surface area (Å²) in [5.74, 6) is -0.735. The number of Topliss-reactive ketones (excluding diaryl/α,β-unsaturated/α-hetero) is 1. The van der Waals surface area contributed by atoms with E-state index in [2.05, 4.69) is 15.1 Å². The predicted octanol–water partition coefficient (Wildman–Crippen LogP) is 3.67. The lowest BCUT2D eigenvalue weighted by Crippen LogP contribution is -2.42. The number of ether oxygens (including phenoxy) is 1. The third-order valence-electron chi connectivity index (χ3n) is 5.86. The second-order valence-corrected chi connectivity index (χ2v) is 8.78. The molecule has 2 atom stereocenters. The minimum absolute atomic E-state index is 0. The number of hydrogen-bond donors (Lipinski definition) is 1. The van der Waals surface area contributed by atoms with Gasteiger partial charge in [0.2, 0.25) is 0 Å². The molecule has 1 aromatic carbocycles. The number of benzene rings is 1. The Morgan fingerprint density at radius 3 is 2.76 bits per heavy atom. The standard InChI is InChI=1S/C23H27FN4O3S.ClH/c1-2-31-23(30)19-13-25-28(26-19)12-9-16-14-27(11-10-20(16)32)21(22(29)15-7-8-15)17-5-3-4-6-18(17)24;/h3-6,9,13,15,20-21,32H,2,7-8,10-12,14H2,1H3;1H/b16-9+;. The van der Waals surface area contributed by atoms with Gasteiger partial charge in [-0.05, 0) is 37.8 Å². The van der Waals surface area contributed by atoms with Gasteiger partial charge in [0.25, 0.3) is 0 Å². The van der Waals surface area contributed by atoms with E-state index < -0.39 is 12.0 Å². The Bertz CT molecular complexity index is 1030. The number of rotatable bonds is 8. The molecule has 0 radical (unpaired) electrons. The molecule has 178 valence electrons. The summed E-state index contributed by atoms with van der Waals surface area (Å²) in [5, 5.41) is 8.31. The van der Waals surface area contributed by atoms with Crippen LogP contribution in [0.5, 0.6) is 0 Å². The van der Waals surface area contributed by atoms with Crippen LogP contribution in [-0.2, 0) is 16.1 Å². The average molecular weight is 495 g/mol. The van der Waals surface area contributed by atoms with E-state index in [4.69, 9.17) is 17.4 Å². The number of allylic oxidation sites excluding steroid dienone is 1. The molecule has 0 amide bonds. The first-order valence-corrected chi connectivity index (χ1v) is 11.5. The Hall–Kier alpha value is -2.23. The predicted molar refractivity (Wildman–Crippen MR) is 127 cm³/mol. The molecule has 1 aromatic heterocycles. The van der Waals surface area contributed by atoms with Crippen LogP contribution >= 0.6 is 25.0 Å². The largest absolute Gasteiger partial charge is 0.461 e. The number of aromatic nitrogens is 3. The van der Waals surface area contributed by atoms with Crippen molar-refractivity contribution >= 4 is 36.8 Å². The highest BCUT2D eigenvalue weighted by molar-refractivity contribution is 7.81. The van der Waals surface area contributed by atoms with Crippen LogP contribution in [0, 0.1) is 11.7 Å². The van der Waals surface area contributed by atoms with E-state index in [1.165, 1.54) is 17.1 Å². The molecule has 0 spiro atoms. The number of carbonyl (C=O) groups excluding carboxylic acids is 2. The monoisotopic (exact) mass is 494 g/mol. The highest BCUT2D eigenvalue weighted by Crippen LogP contribution is 2.39. The topological polar surface area (TPSA) is 77.3 Å². The zero-order valence-corrected chi connectivity index (χ0v) is 20.1. The van der Waals surface area contributed by atoms with Crippen LogP contribution in [0.25, 0.3) is 0 Å². The van der Waals surface area contributed by atoms with E-state index in [1.54, 1.807) is 25.1 Å². The fourth-order valence-electron chi connectivity index (χ4n) is 4.01. The van der Waals surface area contributed by atoms with Crippen molar-refractivity contribution in [3.63, 3.8) is 0 Å². The summed E-state index contributed by atoms with van der Waals surface area (Å²) in [6.07, 6.45) is 5.86. The summed E-state index contributed by atoms with van der Waals surface area (Å²) in [6.45, 7) is 3.54. The number of esters is 1. The zero-order chi connectivity index (χ0) is 22.7. The van der Waals surface area contributed by atoms with Gasteiger partial charge < -0.3 is 4.74 Å². The van der Waals surface area contributed by atoms with Gasteiger partial charge >= 0.3 is 5.97 Å². The average Bonchev–Trinajstić information content (AvgIpc) is 3.53. The van der Waals surface area contributed by atoms with Crippen LogP contribution in [0.1, 0.15) is 48.3 Å². The van der Waals surface area contributed by atoms with Crippen molar-refractivity contribution in [1.82, 2.24) is 19.9 Å². The third kappa shape index (κ3) is 6.02. The fourth-order valence-corrected chi connectivity index (χ4v) is 4.32. The van der Waals surface area contributed by atoms with E-state index in [-0.39, 0.29) is 47.5 Å². The van der Waals surface area contributed by atoms with Gasteiger partial charge in [-0.25, -0.2) is 9.18 Å². The number of ketones is 1. The highest BCUT2D eigenvalue weighted by atomic mass is 35.5. The molecule has 10 heteroatoms. The Balaban J connectivity index is 0.00000306. The molecule has 2 aromatic rings. The molecule has 7 nitrogen and oxygen atoms in total. The number of carbonyl (C=O) groups is 2. The summed E-state index contributed by atoms with van der Waals surface area (Å²) in [6, 6.07) is 5.95. The second kappa shape index (κ2) is 11.3. The van der Waals surface area contributed by atoms with Gasteiger partial charge in [0, 0.05) is 29.8 Å². The number of piperidine rings is 1. The number of halogens is 2. The van der Waals surface area contributed by atoms with Crippen LogP contribution in [0.2, 0.25) is 0 Å². The van der Waals surface area contributed by atoms with Crippen molar-refractivity contribution in [1.29, 1.82) is 0 Å². The van der Waals surface area contributed by atoms with Crippen molar-refractivity contribution in [2.45, 2.75) is 44.0 Å². The zero-order valence-electron chi connectivity index (χ0n) is 18.4. The quantitative estimate of drug-likeness (QED) is 0.343. The fraction of sp³-hybridized carbons (Fsp3) is 0.478. The van der Waals surface area contributed by atoms with E-state index in [0.29, 0.717) is 25.2 Å². The summed E-state index contributed by atoms with van der Waals surface area (Å²) in [5.41, 5.74) is 1.63. The van der Waals surface area contributed by atoms with Crippen molar-refractivity contribution in [3.8, 4) is 0 Å². The van der Waals surface area contributed by atoms with E-state index in [0.717, 1.165) is 24.8 Å². The molecule has 0 N–H and O–H groups in total. The van der Waals surface area contributed by atoms with Crippen LogP contribution in [0.15, 0.2) is 42.1 Å². The summed E-state index contributed by atoms with van der Waals surface area (Å²) >= 11 is 4.71. The normalized spacial score (nSPS) is 20.8. The SMILES string of the molecule is CCOC(=O)c1cnn(C/C=C2\CN(C(C(=O)C3CC3)c3ccccc3F)CCC2S)n1.Cl. The molecular weight excluding hydrogens is 467 g/mol. The van der Waals surface area contributed by atoms with Gasteiger partial charge in [-0.2, -0.15) is 22.5 Å². The van der Waals surface area contributed by atoms with E-state index in [1.807, 2.05) is 6.08 Å². The Kier molecular flexibility index (Phi) is 8.67. The van der Waals surface area contributed by atoms with Crippen molar-refractivity contribution in [2.75, 3.05) is 19.7 Å². The molecule has 4 rings (SSSR count). The van der Waals surface area contributed by atoms with Gasteiger partial charge in [0.15, 0.2) is 11.5 Å². The highest BCUT2D eigenvalue weighted by Gasteiger charge is 2.40. The molecule has 2 heterocycles. The molecule has 33 heavy (non-hydrogen) atoms. The maximum absolute atomic E-state index is 14.6. The van der Waals surface area contributed by atoms with Crippen LogP contribution in [-0.4, -0.2) is 56.6 Å². The maximum Gasteiger partial charge on any atom is 0.360 e. The number of likely N-dealkylation sites (tertiary alicyclic amines) is 1. The van der Waals surface area contributed by atoms with Crippen molar-refractivity contribution < 1.29 is 18.7 Å². The van der Waals surface area contributed by atoms with Gasteiger partial charge in [0.1, 0.15) is 5.82 Å². The molecule has 2 aliphatic rings. The van der Waals surface area contributed by atoms with Crippen LogP contribution in [0.4, 0.5) is 4.39 Å². The maximum atomic E-state index is 14.6. The smallest absolute Gasteiger partial charge is 0.360 e. The van der Waals surface area contributed by atoms with Gasteiger partial charge in [-0.3, -0.25) is 9.69 Å². The second-order valence-electron chi connectivity index (χ2n) is 8.16. The van der Waals surface area contributed by atoms with Crippen LogP contribution in [0.3, 0.4) is 0 Å². The first-order chi connectivity index (χ1) is 15.5. The summed E-state index contributed by atoms with van der Waals surface area (Å²) in [7, 11) is 0. The summed E-state index contributed by atoms with van der Waals surface area (Å²) < 4.78 is 19.6. The van der Waals surface area contributed by atoms with Crippen molar-refractivity contribution in [2.24, 2.45) is 5.92 Å². The lowest BCUT2D eigenvalue weighted by atomic mass is 9.93. The lowest BCUT2D eigenvalue weighted by Gasteiger charge is -2.37. The van der Waals surface area contributed by atoms with Crippen molar-refractivity contribution in [3.05, 3.63) is 59.2 Å². The van der Waals surface area contributed by atoms with Gasteiger partial charge in [0.05, 0.1) is 25.4 Å². The number of thiol groups is 1. The first-order valence-electron chi connectivity index (χ1n) is 10.9. The van der Waals surface area contributed by atoms with Crippen LogP contribution < -0.4 is 0 Å². The molecule has 1 saturated heterocycles. The molecule has 0 bridgehead atoms. The van der Waals surface area contributed by atoms with E-state index in [9.17, 15) is 14.0 Å². The first kappa shape index (κ1) is 25.4. The number of nitrogens with zero attached hydrogens (tertiary/aromatic N) is 4. The molecule has 1 aliphatic carbocycles. The molecule has 2 unspecified atom stereocenters. The lowest BCUT2D eigenvalue weighted by molar-refractivity contribution is -0.126. The molecule has 1 saturated carbocycles. The number of hydrogen-bond acceptors (Lipinski definition) is 7. The molecule has 1 aliphatic heterocycles. The third-order valence-corrected chi connectivity index (χ3v) is 6.45. The molecular formula is C23H28ClFN4O3S. The Morgan fingerprint density at radius 1 is 1.30 bits per heavy atom. The minimum atomic E-state index is -0.592. The van der Waals surface area contributed by atoms with Gasteiger partial charge in [-0.15, -0.1) is 17.5 Å². The molecule has 2 fully saturated rings. The summed E-state index contributed by atoms with van der Waals surface area (Å²) in [4.78, 5) is 28.4. The Morgan fingerprint density at radius 2 is 2.06 bits per heavy atom. The Labute approximate surface area is 204 Å². The minimum Gasteiger partial charge on any atom is -0.461 e. The van der Waals surface area contributed by atoms with E-state index >= 15 is 0 Å². The van der Waals surface area contributed by atoms with Gasteiger partial charge in [-0.1, -0.05) is 24.3 Å².